The molecule has 0 saturated carbocycles. The molecule has 22 rings (SSSR count). The summed E-state index contributed by atoms with van der Waals surface area (Å²) in [5, 5.41) is 6.07. The summed E-state index contributed by atoms with van der Waals surface area (Å²) in [6.45, 7) is 4.71. The molecule has 0 saturated heterocycles. The lowest BCUT2D eigenvalue weighted by molar-refractivity contribution is 0.660. The van der Waals surface area contributed by atoms with Crippen molar-refractivity contribution in [2.24, 2.45) is 0 Å². The average molecular weight is 1430 g/mol. The molecule has 2 aliphatic rings. The molecule has 0 fully saturated rings. The van der Waals surface area contributed by atoms with Crippen molar-refractivity contribution in [3.63, 3.8) is 0 Å². The Morgan fingerprint density at radius 2 is 0.661 bits per heavy atom. The number of nitrogens with zero attached hydrogens (tertiary/aromatic N) is 5. The van der Waals surface area contributed by atoms with Crippen molar-refractivity contribution < 1.29 is 0 Å². The molecule has 112 heavy (non-hydrogen) atoms. The predicted octanol–water partition coefficient (Wildman–Crippen LogP) is 27.2. The Labute approximate surface area is 651 Å². The van der Waals surface area contributed by atoms with Gasteiger partial charge in [-0.15, -0.1) is 0 Å². The number of benzene rings is 16. The van der Waals surface area contributed by atoms with Crippen LogP contribution in [0.1, 0.15) is 47.2 Å². The van der Waals surface area contributed by atoms with Gasteiger partial charge in [0.2, 0.25) is 0 Å². The number of fused-ring (bicyclic) bond motifs is 13. The number of pyridine rings is 1. The minimum absolute atomic E-state index is 0.0408. The fourth-order valence-electron chi connectivity index (χ4n) is 18.2. The van der Waals surface area contributed by atoms with Crippen molar-refractivity contribution in [3.05, 3.63) is 440 Å². The van der Waals surface area contributed by atoms with E-state index in [1.807, 2.05) is 24.4 Å². The van der Waals surface area contributed by atoms with E-state index in [0.29, 0.717) is 5.82 Å². The van der Waals surface area contributed by atoms with Crippen LogP contribution in [-0.4, -0.2) is 24.1 Å². The Balaban J connectivity index is 0.000000145. The quantitative estimate of drug-likeness (QED) is 0.130. The van der Waals surface area contributed by atoms with E-state index in [1.54, 1.807) is 0 Å². The minimum Gasteiger partial charge on any atom is -0.309 e. The normalized spacial score (nSPS) is 12.9. The summed E-state index contributed by atoms with van der Waals surface area (Å²) in [4.78, 5) is 15.0. The van der Waals surface area contributed by atoms with Crippen LogP contribution in [0.3, 0.4) is 0 Å². The van der Waals surface area contributed by atoms with Crippen LogP contribution in [0, 0.1) is 0 Å². The van der Waals surface area contributed by atoms with Crippen molar-refractivity contribution in [1.29, 1.82) is 0 Å². The highest BCUT2D eigenvalue weighted by Gasteiger charge is 2.46. The van der Waals surface area contributed by atoms with Gasteiger partial charge in [-0.25, -0.2) is 9.97 Å². The topological polar surface area (TPSA) is 48.5 Å². The minimum atomic E-state index is -0.457. The molecule has 526 valence electrons. The largest absolute Gasteiger partial charge is 0.309 e. The van der Waals surface area contributed by atoms with Crippen molar-refractivity contribution in [2.75, 3.05) is 0 Å². The first kappa shape index (κ1) is 65.9. The third-order valence-corrected chi connectivity index (χ3v) is 23.6. The van der Waals surface area contributed by atoms with Gasteiger partial charge in [0.05, 0.1) is 44.4 Å². The molecule has 0 bridgehead atoms. The molecule has 16 aromatic carbocycles. The Kier molecular flexibility index (Phi) is 15.7. The zero-order chi connectivity index (χ0) is 74.4. The van der Waals surface area contributed by atoms with Gasteiger partial charge in [0.25, 0.3) is 0 Å². The van der Waals surface area contributed by atoms with Crippen molar-refractivity contribution in [1.82, 2.24) is 24.1 Å². The van der Waals surface area contributed by atoms with Gasteiger partial charge in [-0.1, -0.05) is 323 Å². The maximum Gasteiger partial charge on any atom is 0.160 e. The van der Waals surface area contributed by atoms with Gasteiger partial charge < -0.3 is 9.13 Å². The molecule has 0 atom stereocenters. The van der Waals surface area contributed by atoms with E-state index in [9.17, 15) is 0 Å². The Morgan fingerprint density at radius 1 is 0.241 bits per heavy atom. The molecule has 0 aliphatic heterocycles. The molecule has 0 unspecified atom stereocenters. The number of hydrogen-bond acceptors (Lipinski definition) is 3. The van der Waals surface area contributed by atoms with Crippen LogP contribution >= 0.6 is 0 Å². The fraction of sp³-hybridized carbons (Fsp3) is 0.0374. The zero-order valence-corrected chi connectivity index (χ0v) is 61.9. The molecule has 20 aromatic rings. The average Bonchev–Trinajstić information content (AvgIpc) is 1.58. The van der Waals surface area contributed by atoms with Gasteiger partial charge >= 0.3 is 0 Å². The van der Waals surface area contributed by atoms with E-state index < -0.39 is 5.41 Å². The molecule has 0 radical (unpaired) electrons. The van der Waals surface area contributed by atoms with E-state index in [-0.39, 0.29) is 5.41 Å². The number of para-hydroxylation sites is 2. The molecule has 0 N–H and O–H groups in total. The van der Waals surface area contributed by atoms with Gasteiger partial charge in [-0.2, -0.15) is 0 Å². The predicted molar refractivity (Wildman–Crippen MR) is 465 cm³/mol. The zero-order valence-electron chi connectivity index (χ0n) is 61.9. The van der Waals surface area contributed by atoms with E-state index in [1.165, 1.54) is 122 Å². The van der Waals surface area contributed by atoms with E-state index >= 15 is 0 Å². The van der Waals surface area contributed by atoms with Crippen LogP contribution in [0.5, 0.6) is 0 Å². The molecule has 5 heteroatoms. The maximum atomic E-state index is 5.16. The number of hydrogen-bond donors (Lipinski definition) is 0. The molecule has 4 heterocycles. The van der Waals surface area contributed by atoms with Gasteiger partial charge in [-0.3, -0.25) is 4.98 Å². The van der Waals surface area contributed by atoms with Crippen LogP contribution in [-0.2, 0) is 10.8 Å². The van der Waals surface area contributed by atoms with Gasteiger partial charge in [0.15, 0.2) is 5.82 Å². The summed E-state index contributed by atoms with van der Waals surface area (Å²) < 4.78 is 4.79. The summed E-state index contributed by atoms with van der Waals surface area (Å²) in [5.41, 5.74) is 35.1. The van der Waals surface area contributed by atoms with Gasteiger partial charge in [-0.05, 0) is 186 Å². The van der Waals surface area contributed by atoms with Gasteiger partial charge in [0, 0.05) is 72.2 Å². The third-order valence-electron chi connectivity index (χ3n) is 23.6. The molecular formula is C107H73N5. The van der Waals surface area contributed by atoms with E-state index in [2.05, 4.69) is 405 Å². The second-order valence-corrected chi connectivity index (χ2v) is 30.1. The molecule has 0 amide bonds. The first-order valence-corrected chi connectivity index (χ1v) is 38.6. The molecule has 5 nitrogen and oxygen atoms in total. The lowest BCUT2D eigenvalue weighted by Gasteiger charge is -2.34. The highest BCUT2D eigenvalue weighted by atomic mass is 15.0. The smallest absolute Gasteiger partial charge is 0.160 e. The SMILES string of the molecule is CC1(C)c2ccccc2-c2ccc(-c3ccc4c(c3)c3cc(-c5ccccc5)ccc3n4-c3ccc(-c4cccc5cccnc45)cc3)cc21.c1ccc(-c2cc(-c3ccccc3)nc(-c3cccc(-n4c5ccccc5c5cc(-c6ccc7c(c6)C(c6ccccc6)(c6ccccc6)c6ccccc6-7)ccc54)c3)n2)cc1. The number of aromatic nitrogens is 5. The summed E-state index contributed by atoms with van der Waals surface area (Å²) in [6, 6.07) is 145. The maximum absolute atomic E-state index is 5.16. The number of rotatable bonds is 11. The highest BCUT2D eigenvalue weighted by Crippen LogP contribution is 2.57. The van der Waals surface area contributed by atoms with Crippen molar-refractivity contribution in [3.8, 4) is 112 Å². The first-order valence-electron chi connectivity index (χ1n) is 38.6. The van der Waals surface area contributed by atoms with Crippen LogP contribution in [0.4, 0.5) is 0 Å². The van der Waals surface area contributed by atoms with Crippen molar-refractivity contribution in [2.45, 2.75) is 24.7 Å². The fourth-order valence-corrected chi connectivity index (χ4v) is 18.2. The molecular weight excluding hydrogens is 1360 g/mol. The first-order chi connectivity index (χ1) is 55.3. The van der Waals surface area contributed by atoms with Crippen LogP contribution in [0.2, 0.25) is 0 Å². The van der Waals surface area contributed by atoms with E-state index in [4.69, 9.17) is 15.0 Å². The monoisotopic (exact) mass is 1430 g/mol. The third kappa shape index (κ3) is 10.9. The summed E-state index contributed by atoms with van der Waals surface area (Å²) in [7, 11) is 0. The molecule has 2 aliphatic carbocycles. The second kappa shape index (κ2) is 26.8. The Bertz CT molecular complexity index is 6960. The summed E-state index contributed by atoms with van der Waals surface area (Å²) >= 11 is 0. The lowest BCUT2D eigenvalue weighted by Crippen LogP contribution is -2.28. The highest BCUT2D eigenvalue weighted by molar-refractivity contribution is 6.13. The van der Waals surface area contributed by atoms with E-state index in [0.717, 1.165) is 72.5 Å². The standard InChI is InChI=1S/C59H39N3.C48H34N2/c1-5-18-40(19-6-1)54-39-55(41-20-7-2-8-21-41)61-58(60-54)44-22-17-27-47(36-44)62-56-31-16-14-29-50(56)51-37-42(33-35-57(51)62)43-32-34-49-48-28-13-15-30-52(48)59(53(49)38-43,45-23-9-3-10-24-45)46-25-11-4-12-26-46;1-48(2)43-16-7-6-14-39(43)40-24-19-36(30-44(40)48)35-21-26-46-42(29-35)41-28-34(31-10-4-3-5-11-31)20-25-45(41)50(46)37-22-17-32(18-23-37)38-15-8-12-33-13-9-27-49-47(33)38/h1-39H;3-30H,1-2H3. The Morgan fingerprint density at radius 3 is 1.28 bits per heavy atom. The van der Waals surface area contributed by atoms with Crippen molar-refractivity contribution >= 4 is 54.5 Å². The summed E-state index contributed by atoms with van der Waals surface area (Å²) in [5.74, 6) is 0.691. The Hall–Kier alpha value is -14.4. The van der Waals surface area contributed by atoms with Crippen LogP contribution in [0.15, 0.2) is 407 Å². The van der Waals surface area contributed by atoms with Crippen LogP contribution < -0.4 is 0 Å². The molecule has 0 spiro atoms. The molecule has 4 aromatic heterocycles. The van der Waals surface area contributed by atoms with Gasteiger partial charge in [0.1, 0.15) is 0 Å². The lowest BCUT2D eigenvalue weighted by atomic mass is 9.67. The van der Waals surface area contributed by atoms with Crippen LogP contribution in [0.25, 0.3) is 167 Å². The summed E-state index contributed by atoms with van der Waals surface area (Å²) in [6.07, 6.45) is 1.87. The second-order valence-electron chi connectivity index (χ2n) is 30.1.